The maximum atomic E-state index is 12.0. The number of hydrogen-bond acceptors (Lipinski definition) is 1. The number of Topliss-reactive ketones (excluding diaryl/α,β-unsaturated/α-hetero) is 1. The molecule has 3 rings (SSSR count). The Morgan fingerprint density at radius 2 is 2.00 bits per heavy atom. The van der Waals surface area contributed by atoms with E-state index in [2.05, 4.69) is 12.2 Å². The minimum atomic E-state index is 0.135. The van der Waals surface area contributed by atoms with E-state index in [-0.39, 0.29) is 5.41 Å². The molecule has 0 bridgehead atoms. The lowest BCUT2D eigenvalue weighted by Gasteiger charge is -2.52. The van der Waals surface area contributed by atoms with Crippen LogP contribution >= 0.6 is 0 Å². The van der Waals surface area contributed by atoms with Gasteiger partial charge in [0.25, 0.3) is 0 Å². The maximum absolute atomic E-state index is 12.0. The SMILES string of the molecule is O=C1C2CC=CC2C12CCCCC2. The van der Waals surface area contributed by atoms with Crippen molar-refractivity contribution < 1.29 is 4.79 Å². The van der Waals surface area contributed by atoms with Crippen LogP contribution in [0.5, 0.6) is 0 Å². The monoisotopic (exact) mass is 176 g/mol. The van der Waals surface area contributed by atoms with Crippen LogP contribution in [0.1, 0.15) is 38.5 Å². The Morgan fingerprint density at radius 3 is 2.77 bits per heavy atom. The molecule has 0 radical (unpaired) electrons. The van der Waals surface area contributed by atoms with Gasteiger partial charge in [-0.2, -0.15) is 0 Å². The molecule has 2 unspecified atom stereocenters. The van der Waals surface area contributed by atoms with Crippen molar-refractivity contribution in [2.75, 3.05) is 0 Å². The highest BCUT2D eigenvalue weighted by molar-refractivity contribution is 5.95. The molecule has 0 aromatic rings. The molecule has 0 heterocycles. The molecule has 2 atom stereocenters. The summed E-state index contributed by atoms with van der Waals surface area (Å²) in [4.78, 5) is 12.0. The Kier molecular flexibility index (Phi) is 1.47. The second-order valence-electron chi connectivity index (χ2n) is 4.88. The van der Waals surface area contributed by atoms with Gasteiger partial charge in [0.15, 0.2) is 0 Å². The lowest BCUT2D eigenvalue weighted by atomic mass is 9.49. The van der Waals surface area contributed by atoms with Crippen LogP contribution in [0.25, 0.3) is 0 Å². The van der Waals surface area contributed by atoms with Crippen molar-refractivity contribution >= 4 is 5.78 Å². The van der Waals surface area contributed by atoms with Gasteiger partial charge < -0.3 is 0 Å². The van der Waals surface area contributed by atoms with Crippen molar-refractivity contribution in [3.8, 4) is 0 Å². The number of allylic oxidation sites excluding steroid dienone is 2. The molecule has 2 saturated carbocycles. The molecule has 2 fully saturated rings. The van der Waals surface area contributed by atoms with E-state index in [4.69, 9.17) is 0 Å². The molecule has 0 N–H and O–H groups in total. The molecule has 1 spiro atoms. The predicted octanol–water partition coefficient (Wildman–Crippen LogP) is 2.71. The highest BCUT2D eigenvalue weighted by atomic mass is 16.1. The van der Waals surface area contributed by atoms with E-state index in [9.17, 15) is 4.79 Å². The van der Waals surface area contributed by atoms with E-state index >= 15 is 0 Å². The van der Waals surface area contributed by atoms with Gasteiger partial charge in [-0.25, -0.2) is 0 Å². The second-order valence-corrected chi connectivity index (χ2v) is 4.88. The minimum Gasteiger partial charge on any atom is -0.299 e. The standard InChI is InChI=1S/C12H16O/c13-11-9-5-4-6-10(9)12(11)7-2-1-3-8-12/h4,6,9-10H,1-3,5,7-8H2. The highest BCUT2D eigenvalue weighted by Crippen LogP contribution is 2.59. The Hall–Kier alpha value is -0.590. The lowest BCUT2D eigenvalue weighted by molar-refractivity contribution is -0.155. The largest absolute Gasteiger partial charge is 0.299 e. The van der Waals surface area contributed by atoms with Crippen LogP contribution in [0.4, 0.5) is 0 Å². The first-order valence-electron chi connectivity index (χ1n) is 5.56. The fourth-order valence-corrected chi connectivity index (χ4v) is 3.69. The summed E-state index contributed by atoms with van der Waals surface area (Å²) in [6, 6.07) is 0. The zero-order valence-corrected chi connectivity index (χ0v) is 7.96. The Balaban J connectivity index is 1.89. The normalized spacial score (nSPS) is 40.5. The number of fused-ring (bicyclic) bond motifs is 2. The summed E-state index contributed by atoms with van der Waals surface area (Å²) in [7, 11) is 0. The molecule has 0 amide bonds. The average molecular weight is 176 g/mol. The van der Waals surface area contributed by atoms with Crippen molar-refractivity contribution in [1.82, 2.24) is 0 Å². The van der Waals surface area contributed by atoms with Crippen LogP contribution in [-0.4, -0.2) is 5.78 Å². The van der Waals surface area contributed by atoms with Crippen molar-refractivity contribution in [2.24, 2.45) is 17.3 Å². The van der Waals surface area contributed by atoms with Gasteiger partial charge in [0.1, 0.15) is 5.78 Å². The van der Waals surface area contributed by atoms with Gasteiger partial charge in [0.2, 0.25) is 0 Å². The van der Waals surface area contributed by atoms with Gasteiger partial charge in [-0.15, -0.1) is 0 Å². The summed E-state index contributed by atoms with van der Waals surface area (Å²) < 4.78 is 0. The minimum absolute atomic E-state index is 0.135. The molecular formula is C12H16O. The van der Waals surface area contributed by atoms with Crippen LogP contribution in [-0.2, 0) is 4.79 Å². The predicted molar refractivity (Wildman–Crippen MR) is 51.3 cm³/mol. The molecule has 0 saturated heterocycles. The third-order valence-electron chi connectivity index (χ3n) is 4.38. The van der Waals surface area contributed by atoms with Gasteiger partial charge in [-0.05, 0) is 25.2 Å². The van der Waals surface area contributed by atoms with Crippen LogP contribution in [0.3, 0.4) is 0 Å². The summed E-state index contributed by atoms with van der Waals surface area (Å²) in [5.41, 5.74) is 0.135. The summed E-state index contributed by atoms with van der Waals surface area (Å²) in [6.07, 6.45) is 11.8. The molecule has 70 valence electrons. The van der Waals surface area contributed by atoms with E-state index in [1.807, 2.05) is 0 Å². The lowest BCUT2D eigenvalue weighted by Crippen LogP contribution is -2.56. The van der Waals surface area contributed by atoms with Crippen molar-refractivity contribution in [1.29, 1.82) is 0 Å². The number of rotatable bonds is 0. The maximum Gasteiger partial charge on any atom is 0.143 e. The quantitative estimate of drug-likeness (QED) is 0.519. The van der Waals surface area contributed by atoms with Gasteiger partial charge in [-0.1, -0.05) is 31.4 Å². The molecule has 0 aromatic carbocycles. The summed E-state index contributed by atoms with van der Waals surface area (Å²) in [6.45, 7) is 0. The van der Waals surface area contributed by atoms with Crippen molar-refractivity contribution in [3.05, 3.63) is 12.2 Å². The molecule has 3 aliphatic rings. The van der Waals surface area contributed by atoms with Crippen LogP contribution in [0.15, 0.2) is 12.2 Å². The molecule has 0 aromatic heterocycles. The third-order valence-corrected chi connectivity index (χ3v) is 4.38. The van der Waals surface area contributed by atoms with E-state index < -0.39 is 0 Å². The molecule has 1 nitrogen and oxygen atoms in total. The Morgan fingerprint density at radius 1 is 1.23 bits per heavy atom. The van der Waals surface area contributed by atoms with Crippen LogP contribution in [0, 0.1) is 17.3 Å². The number of ketones is 1. The van der Waals surface area contributed by atoms with E-state index in [0.717, 1.165) is 6.42 Å². The van der Waals surface area contributed by atoms with Gasteiger partial charge in [0.05, 0.1) is 0 Å². The first-order chi connectivity index (χ1) is 6.34. The highest BCUT2D eigenvalue weighted by Gasteiger charge is 2.60. The van der Waals surface area contributed by atoms with Crippen LogP contribution in [0.2, 0.25) is 0 Å². The number of carbonyl (C=O) groups is 1. The molecule has 1 heteroatoms. The van der Waals surface area contributed by atoms with Crippen molar-refractivity contribution in [3.63, 3.8) is 0 Å². The van der Waals surface area contributed by atoms with E-state index in [1.54, 1.807) is 0 Å². The fourth-order valence-electron chi connectivity index (χ4n) is 3.69. The number of carbonyl (C=O) groups excluding carboxylic acids is 1. The Labute approximate surface area is 79.2 Å². The van der Waals surface area contributed by atoms with Crippen molar-refractivity contribution in [2.45, 2.75) is 38.5 Å². The molecule has 13 heavy (non-hydrogen) atoms. The molecule has 3 aliphatic carbocycles. The zero-order valence-electron chi connectivity index (χ0n) is 7.96. The third kappa shape index (κ3) is 0.806. The van der Waals surface area contributed by atoms with Gasteiger partial charge in [0, 0.05) is 11.3 Å². The fraction of sp³-hybridized carbons (Fsp3) is 0.750. The van der Waals surface area contributed by atoms with Gasteiger partial charge >= 0.3 is 0 Å². The second kappa shape index (κ2) is 2.46. The van der Waals surface area contributed by atoms with E-state index in [1.165, 1.54) is 32.1 Å². The smallest absolute Gasteiger partial charge is 0.143 e. The molecule has 0 aliphatic heterocycles. The summed E-state index contributed by atoms with van der Waals surface area (Å²) in [5, 5.41) is 0. The Bertz CT molecular complexity index is 271. The first-order valence-corrected chi connectivity index (χ1v) is 5.56. The zero-order chi connectivity index (χ0) is 8.89. The number of hydrogen-bond donors (Lipinski definition) is 0. The molecular weight excluding hydrogens is 160 g/mol. The van der Waals surface area contributed by atoms with E-state index in [0.29, 0.717) is 17.6 Å². The first kappa shape index (κ1) is 7.78. The van der Waals surface area contributed by atoms with Gasteiger partial charge in [-0.3, -0.25) is 4.79 Å². The topological polar surface area (TPSA) is 17.1 Å². The average Bonchev–Trinajstić information content (AvgIpc) is 2.64. The summed E-state index contributed by atoms with van der Waals surface area (Å²) in [5.74, 6) is 1.64. The summed E-state index contributed by atoms with van der Waals surface area (Å²) >= 11 is 0. The van der Waals surface area contributed by atoms with Crippen LogP contribution < -0.4 is 0 Å².